The quantitative estimate of drug-likeness (QED) is 0.569. The van der Waals surface area contributed by atoms with Crippen LogP contribution in [0.2, 0.25) is 0 Å². The monoisotopic (exact) mass is 330 g/mol. The zero-order valence-electron chi connectivity index (χ0n) is 13.8. The smallest absolute Gasteiger partial charge is 0.313 e. The van der Waals surface area contributed by atoms with Crippen LogP contribution in [0.5, 0.6) is 0 Å². The number of hydrogen-bond donors (Lipinski definition) is 2. The molecule has 0 radical (unpaired) electrons. The van der Waals surface area contributed by atoms with Gasteiger partial charge in [-0.2, -0.15) is 0 Å². The van der Waals surface area contributed by atoms with Gasteiger partial charge in [-0.05, 0) is 56.6 Å². The highest BCUT2D eigenvalue weighted by molar-refractivity contribution is 5.86. The Kier molecular flexibility index (Phi) is 2.32. The lowest BCUT2D eigenvalue weighted by Crippen LogP contribution is -2.46. The first-order valence-corrected chi connectivity index (χ1v) is 8.78. The zero-order valence-corrected chi connectivity index (χ0v) is 13.8. The van der Waals surface area contributed by atoms with E-state index in [9.17, 15) is 19.8 Å². The van der Waals surface area contributed by atoms with Crippen LogP contribution in [0.4, 0.5) is 0 Å². The van der Waals surface area contributed by atoms with Crippen LogP contribution in [0.15, 0.2) is 23.8 Å². The summed E-state index contributed by atoms with van der Waals surface area (Å²) in [5.74, 6) is -2.17. The van der Waals surface area contributed by atoms with Crippen molar-refractivity contribution in [1.82, 2.24) is 0 Å². The number of carbonyl (C=O) groups excluding carboxylic acids is 1. The van der Waals surface area contributed by atoms with Gasteiger partial charge in [0, 0.05) is 11.3 Å². The molecule has 1 spiro atoms. The molecule has 128 valence electrons. The van der Waals surface area contributed by atoms with Crippen LogP contribution in [0.25, 0.3) is 0 Å². The molecular weight excluding hydrogens is 308 g/mol. The maximum absolute atomic E-state index is 12.6. The standard InChI is InChI=1S/C19H22O5/c1-10-8-17-9-18(10,23)7-4-11(17)19-6-3-5-16(2,15(22)24-19)13(19)12(17)14(20)21/h4,12-13,23H,1,3,5-9H2,2H3,(H,20,21). The van der Waals surface area contributed by atoms with E-state index in [1.54, 1.807) is 0 Å². The normalized spacial score (nSPS) is 54.2. The fourth-order valence-electron chi connectivity index (χ4n) is 6.98. The molecule has 3 saturated carbocycles. The van der Waals surface area contributed by atoms with E-state index in [4.69, 9.17) is 4.74 Å². The van der Waals surface area contributed by atoms with Gasteiger partial charge in [-0.3, -0.25) is 9.59 Å². The molecule has 4 fully saturated rings. The number of rotatable bonds is 1. The van der Waals surface area contributed by atoms with Crippen LogP contribution >= 0.6 is 0 Å². The van der Waals surface area contributed by atoms with Crippen molar-refractivity contribution in [3.05, 3.63) is 23.8 Å². The SMILES string of the molecule is C=C1CC23CC1(O)CC=C2C12CCCC(C)(C(=O)O1)C2C3C(=O)O. The van der Waals surface area contributed by atoms with Gasteiger partial charge in [0.2, 0.25) is 0 Å². The number of carboxylic acid groups (broad SMARTS) is 1. The molecular formula is C19H22O5. The highest BCUT2D eigenvalue weighted by Crippen LogP contribution is 2.77. The predicted molar refractivity (Wildman–Crippen MR) is 83.9 cm³/mol. The average molecular weight is 330 g/mol. The van der Waals surface area contributed by atoms with E-state index in [1.807, 2.05) is 13.0 Å². The molecule has 1 saturated heterocycles. The van der Waals surface area contributed by atoms with E-state index >= 15 is 0 Å². The van der Waals surface area contributed by atoms with Crippen molar-refractivity contribution >= 4 is 11.9 Å². The summed E-state index contributed by atoms with van der Waals surface area (Å²) >= 11 is 0. The van der Waals surface area contributed by atoms with E-state index in [0.717, 1.165) is 17.6 Å². The highest BCUT2D eigenvalue weighted by Gasteiger charge is 2.80. The van der Waals surface area contributed by atoms with Gasteiger partial charge in [0.1, 0.15) is 5.60 Å². The van der Waals surface area contributed by atoms with Crippen LogP contribution in [0, 0.1) is 22.7 Å². The molecule has 4 aliphatic carbocycles. The summed E-state index contributed by atoms with van der Waals surface area (Å²) in [5, 5.41) is 21.0. The molecule has 5 heteroatoms. The van der Waals surface area contributed by atoms with Crippen molar-refractivity contribution in [3.63, 3.8) is 0 Å². The van der Waals surface area contributed by atoms with Crippen LogP contribution < -0.4 is 0 Å². The Labute approximate surface area is 140 Å². The van der Waals surface area contributed by atoms with Gasteiger partial charge in [0.15, 0.2) is 0 Å². The van der Waals surface area contributed by atoms with Crippen LogP contribution in [-0.2, 0) is 14.3 Å². The van der Waals surface area contributed by atoms with E-state index in [1.165, 1.54) is 0 Å². The third-order valence-electron chi connectivity index (χ3n) is 7.80. The first-order valence-electron chi connectivity index (χ1n) is 8.78. The first-order chi connectivity index (χ1) is 11.2. The summed E-state index contributed by atoms with van der Waals surface area (Å²) < 4.78 is 5.98. The van der Waals surface area contributed by atoms with Crippen molar-refractivity contribution in [2.45, 2.75) is 56.7 Å². The second-order valence-corrected chi connectivity index (χ2v) is 8.81. The molecule has 1 aliphatic heterocycles. The number of esters is 1. The van der Waals surface area contributed by atoms with Gasteiger partial charge < -0.3 is 14.9 Å². The van der Waals surface area contributed by atoms with E-state index in [-0.39, 0.29) is 11.9 Å². The third kappa shape index (κ3) is 1.25. The van der Waals surface area contributed by atoms with Crippen molar-refractivity contribution in [2.75, 3.05) is 0 Å². The Morgan fingerprint density at radius 2 is 2.17 bits per heavy atom. The lowest BCUT2D eigenvalue weighted by Gasteiger charge is -2.39. The maximum Gasteiger partial charge on any atom is 0.313 e. The molecule has 1 heterocycles. The molecule has 24 heavy (non-hydrogen) atoms. The molecule has 5 aliphatic rings. The van der Waals surface area contributed by atoms with E-state index in [0.29, 0.717) is 32.1 Å². The van der Waals surface area contributed by atoms with Crippen molar-refractivity contribution in [1.29, 1.82) is 0 Å². The lowest BCUT2D eigenvalue weighted by atomic mass is 9.60. The van der Waals surface area contributed by atoms with Crippen molar-refractivity contribution in [2.24, 2.45) is 22.7 Å². The second kappa shape index (κ2) is 3.79. The number of carboxylic acids is 1. The number of hydrogen-bond acceptors (Lipinski definition) is 4. The van der Waals surface area contributed by atoms with Gasteiger partial charge in [-0.25, -0.2) is 0 Å². The molecule has 0 amide bonds. The average Bonchev–Trinajstić information content (AvgIpc) is 2.88. The molecule has 2 N–H and O–H groups in total. The molecule has 0 aromatic heterocycles. The first kappa shape index (κ1) is 14.7. The van der Waals surface area contributed by atoms with E-state index < -0.39 is 33.9 Å². The zero-order chi connectivity index (χ0) is 17.1. The summed E-state index contributed by atoms with van der Waals surface area (Å²) in [4.78, 5) is 25.0. The summed E-state index contributed by atoms with van der Waals surface area (Å²) in [6.45, 7) is 5.92. The van der Waals surface area contributed by atoms with Crippen molar-refractivity contribution in [3.8, 4) is 0 Å². The number of aliphatic hydroxyl groups is 1. The lowest BCUT2D eigenvalue weighted by molar-refractivity contribution is -0.152. The predicted octanol–water partition coefficient (Wildman–Crippen LogP) is 2.20. The fourth-order valence-corrected chi connectivity index (χ4v) is 6.98. The number of aliphatic carboxylic acids is 1. The Morgan fingerprint density at radius 3 is 2.88 bits per heavy atom. The summed E-state index contributed by atoms with van der Waals surface area (Å²) in [7, 11) is 0. The number of ether oxygens (including phenoxy) is 1. The van der Waals surface area contributed by atoms with Gasteiger partial charge >= 0.3 is 11.9 Å². The fraction of sp³-hybridized carbons (Fsp3) is 0.684. The highest BCUT2D eigenvalue weighted by atomic mass is 16.6. The van der Waals surface area contributed by atoms with Crippen molar-refractivity contribution < 1.29 is 24.5 Å². The number of fused-ring (bicyclic) bond motifs is 1. The third-order valence-corrected chi connectivity index (χ3v) is 7.80. The largest absolute Gasteiger partial charge is 0.481 e. The molecule has 5 nitrogen and oxygen atoms in total. The second-order valence-electron chi connectivity index (χ2n) is 8.81. The minimum absolute atomic E-state index is 0.246. The van der Waals surface area contributed by atoms with Crippen LogP contribution in [0.1, 0.15) is 45.4 Å². The molecule has 6 atom stereocenters. The van der Waals surface area contributed by atoms with E-state index in [2.05, 4.69) is 6.58 Å². The summed E-state index contributed by atoms with van der Waals surface area (Å²) in [5.41, 5.74) is -1.48. The Morgan fingerprint density at radius 1 is 1.42 bits per heavy atom. The Balaban J connectivity index is 1.80. The topological polar surface area (TPSA) is 83.8 Å². The maximum atomic E-state index is 12.6. The summed E-state index contributed by atoms with van der Waals surface area (Å²) in [6.07, 6.45) is 5.53. The van der Waals surface area contributed by atoms with Gasteiger partial charge in [-0.15, -0.1) is 0 Å². The molecule has 6 unspecified atom stereocenters. The minimum atomic E-state index is -1.01. The summed E-state index contributed by atoms with van der Waals surface area (Å²) in [6, 6.07) is 0. The van der Waals surface area contributed by atoms with Gasteiger partial charge in [0.25, 0.3) is 0 Å². The molecule has 5 rings (SSSR count). The molecule has 0 aromatic carbocycles. The minimum Gasteiger partial charge on any atom is -0.481 e. The van der Waals surface area contributed by atoms with Gasteiger partial charge in [0.05, 0.1) is 16.9 Å². The van der Waals surface area contributed by atoms with Gasteiger partial charge in [-0.1, -0.05) is 12.7 Å². The van der Waals surface area contributed by atoms with Crippen LogP contribution in [-0.4, -0.2) is 33.4 Å². The Hall–Kier alpha value is -1.62. The van der Waals surface area contributed by atoms with Crippen LogP contribution in [0.3, 0.4) is 0 Å². The molecule has 4 bridgehead atoms. The number of carbonyl (C=O) groups is 2. The molecule has 0 aromatic rings. The Bertz CT molecular complexity index is 753.